The summed E-state index contributed by atoms with van der Waals surface area (Å²) >= 11 is 0. The summed E-state index contributed by atoms with van der Waals surface area (Å²) in [5.74, 6) is -1.12. The van der Waals surface area contributed by atoms with Crippen LogP contribution in [0, 0.1) is 6.92 Å². The number of urea groups is 1. The SMILES string of the molecule is Cc1cc(NC(=O)NCCn2ccnc2)c(C(=O)O)[nH]1. The van der Waals surface area contributed by atoms with Gasteiger partial charge in [-0.2, -0.15) is 0 Å². The summed E-state index contributed by atoms with van der Waals surface area (Å²) in [6.07, 6.45) is 5.09. The molecule has 0 spiro atoms. The lowest BCUT2D eigenvalue weighted by Crippen LogP contribution is -2.31. The summed E-state index contributed by atoms with van der Waals surface area (Å²) in [5, 5.41) is 14.1. The van der Waals surface area contributed by atoms with Crippen LogP contribution in [0.3, 0.4) is 0 Å². The molecule has 0 aliphatic heterocycles. The van der Waals surface area contributed by atoms with Gasteiger partial charge in [0.05, 0.1) is 12.0 Å². The molecule has 0 fully saturated rings. The smallest absolute Gasteiger partial charge is 0.354 e. The number of anilines is 1. The Hall–Kier alpha value is -2.77. The molecule has 0 radical (unpaired) electrons. The number of carbonyl (C=O) groups excluding carboxylic acids is 1. The maximum Gasteiger partial charge on any atom is 0.354 e. The van der Waals surface area contributed by atoms with Crippen LogP contribution in [0.5, 0.6) is 0 Å². The number of imidazole rings is 1. The highest BCUT2D eigenvalue weighted by molar-refractivity contribution is 5.99. The minimum absolute atomic E-state index is 0.0349. The van der Waals surface area contributed by atoms with Crippen LogP contribution in [0.2, 0.25) is 0 Å². The second-order valence-electron chi connectivity index (χ2n) is 4.23. The minimum Gasteiger partial charge on any atom is -0.477 e. The zero-order chi connectivity index (χ0) is 14.5. The molecule has 0 saturated carbocycles. The van der Waals surface area contributed by atoms with Gasteiger partial charge in [0, 0.05) is 31.2 Å². The van der Waals surface area contributed by atoms with Crippen molar-refractivity contribution in [2.24, 2.45) is 0 Å². The molecule has 0 atom stereocenters. The van der Waals surface area contributed by atoms with Gasteiger partial charge < -0.3 is 25.3 Å². The molecule has 0 aromatic carbocycles. The number of rotatable bonds is 5. The molecule has 0 aliphatic rings. The van der Waals surface area contributed by atoms with Gasteiger partial charge in [0.1, 0.15) is 5.69 Å². The van der Waals surface area contributed by atoms with Gasteiger partial charge in [-0.05, 0) is 13.0 Å². The molecule has 20 heavy (non-hydrogen) atoms. The summed E-state index contributed by atoms with van der Waals surface area (Å²) in [6, 6.07) is 1.12. The Morgan fingerprint density at radius 3 is 2.95 bits per heavy atom. The van der Waals surface area contributed by atoms with Crippen molar-refractivity contribution < 1.29 is 14.7 Å². The lowest BCUT2D eigenvalue weighted by molar-refractivity contribution is 0.0692. The fraction of sp³-hybridized carbons (Fsp3) is 0.250. The lowest BCUT2D eigenvalue weighted by atomic mass is 10.3. The quantitative estimate of drug-likeness (QED) is 0.654. The van der Waals surface area contributed by atoms with Gasteiger partial charge in [0.15, 0.2) is 0 Å². The highest BCUT2D eigenvalue weighted by atomic mass is 16.4. The molecular weight excluding hydrogens is 262 g/mol. The van der Waals surface area contributed by atoms with Crippen LogP contribution in [-0.4, -0.2) is 38.2 Å². The molecule has 8 nitrogen and oxygen atoms in total. The fourth-order valence-corrected chi connectivity index (χ4v) is 1.74. The Balaban J connectivity index is 1.86. The number of carboxylic acids is 1. The minimum atomic E-state index is -1.12. The summed E-state index contributed by atoms with van der Waals surface area (Å²) in [6.45, 7) is 2.72. The first-order valence-electron chi connectivity index (χ1n) is 6.00. The van der Waals surface area contributed by atoms with Crippen molar-refractivity contribution in [3.63, 3.8) is 0 Å². The van der Waals surface area contributed by atoms with E-state index in [0.717, 1.165) is 0 Å². The van der Waals surface area contributed by atoms with E-state index in [0.29, 0.717) is 18.8 Å². The number of carboxylic acid groups (broad SMARTS) is 1. The number of carbonyl (C=O) groups is 2. The molecule has 2 heterocycles. The normalized spacial score (nSPS) is 10.2. The van der Waals surface area contributed by atoms with Gasteiger partial charge in [-0.3, -0.25) is 0 Å². The summed E-state index contributed by atoms with van der Waals surface area (Å²) in [7, 11) is 0. The molecule has 4 N–H and O–H groups in total. The number of nitrogens with zero attached hydrogens (tertiary/aromatic N) is 2. The van der Waals surface area contributed by atoms with Crippen LogP contribution in [0.1, 0.15) is 16.2 Å². The first-order valence-corrected chi connectivity index (χ1v) is 6.00. The van der Waals surface area contributed by atoms with Crippen LogP contribution < -0.4 is 10.6 Å². The molecule has 8 heteroatoms. The largest absolute Gasteiger partial charge is 0.477 e. The third-order valence-electron chi connectivity index (χ3n) is 2.63. The third-order valence-corrected chi connectivity index (χ3v) is 2.63. The number of H-pyrrole nitrogens is 1. The van der Waals surface area contributed by atoms with E-state index in [1.807, 2.05) is 4.57 Å². The molecule has 0 aliphatic carbocycles. The van der Waals surface area contributed by atoms with Crippen molar-refractivity contribution in [1.29, 1.82) is 0 Å². The van der Waals surface area contributed by atoms with E-state index in [9.17, 15) is 9.59 Å². The van der Waals surface area contributed by atoms with Gasteiger partial charge in [0.25, 0.3) is 0 Å². The van der Waals surface area contributed by atoms with E-state index in [4.69, 9.17) is 5.11 Å². The average Bonchev–Trinajstić information content (AvgIpc) is 2.99. The molecule has 0 unspecified atom stereocenters. The summed E-state index contributed by atoms with van der Waals surface area (Å²) in [5.41, 5.74) is 0.874. The van der Waals surface area contributed by atoms with Crippen molar-refractivity contribution in [1.82, 2.24) is 19.9 Å². The predicted octanol–water partition coefficient (Wildman–Crippen LogP) is 1.04. The number of aromatic nitrogens is 3. The number of amides is 2. The van der Waals surface area contributed by atoms with Crippen LogP contribution in [-0.2, 0) is 6.54 Å². The second-order valence-corrected chi connectivity index (χ2v) is 4.23. The highest BCUT2D eigenvalue weighted by Gasteiger charge is 2.14. The van der Waals surface area contributed by atoms with Crippen LogP contribution in [0.25, 0.3) is 0 Å². The van der Waals surface area contributed by atoms with E-state index in [-0.39, 0.29) is 11.4 Å². The predicted molar refractivity (Wildman–Crippen MR) is 71.7 cm³/mol. The molecule has 2 amide bonds. The Bertz CT molecular complexity index is 603. The van der Waals surface area contributed by atoms with Crippen molar-refractivity contribution in [3.05, 3.63) is 36.2 Å². The van der Waals surface area contributed by atoms with Crippen molar-refractivity contribution in [2.45, 2.75) is 13.5 Å². The molecular formula is C12H15N5O3. The standard InChI is InChI=1S/C12H15N5O3/c1-8-6-9(10(15-8)11(18)19)16-12(20)14-3-5-17-4-2-13-7-17/h2,4,6-7,15H,3,5H2,1H3,(H,18,19)(H2,14,16,20). The molecule has 0 bridgehead atoms. The molecule has 2 aromatic rings. The van der Waals surface area contributed by atoms with E-state index in [2.05, 4.69) is 20.6 Å². The topological polar surface area (TPSA) is 112 Å². The van der Waals surface area contributed by atoms with Crippen molar-refractivity contribution in [2.75, 3.05) is 11.9 Å². The number of hydrogen-bond donors (Lipinski definition) is 4. The van der Waals surface area contributed by atoms with Gasteiger partial charge in [0.2, 0.25) is 0 Å². The Morgan fingerprint density at radius 2 is 2.30 bits per heavy atom. The zero-order valence-corrected chi connectivity index (χ0v) is 10.9. The second kappa shape index (κ2) is 5.91. The molecule has 0 saturated heterocycles. The maximum absolute atomic E-state index is 11.7. The maximum atomic E-state index is 11.7. The summed E-state index contributed by atoms with van der Waals surface area (Å²) < 4.78 is 1.82. The molecule has 2 rings (SSSR count). The van der Waals surface area contributed by atoms with Gasteiger partial charge >= 0.3 is 12.0 Å². The van der Waals surface area contributed by atoms with E-state index >= 15 is 0 Å². The van der Waals surface area contributed by atoms with Gasteiger partial charge in [-0.25, -0.2) is 14.6 Å². The van der Waals surface area contributed by atoms with Gasteiger partial charge in [-0.15, -0.1) is 0 Å². The Labute approximate surface area is 114 Å². The van der Waals surface area contributed by atoms with Crippen molar-refractivity contribution in [3.8, 4) is 0 Å². The number of aryl methyl sites for hydroxylation is 1. The zero-order valence-electron chi connectivity index (χ0n) is 10.9. The van der Waals surface area contributed by atoms with Crippen LogP contribution in [0.15, 0.2) is 24.8 Å². The van der Waals surface area contributed by atoms with E-state index in [1.165, 1.54) is 0 Å². The molecule has 106 valence electrons. The Kier molecular flexibility index (Phi) is 4.04. The number of nitrogens with one attached hydrogen (secondary N) is 3. The van der Waals surface area contributed by atoms with Crippen LogP contribution in [0.4, 0.5) is 10.5 Å². The average molecular weight is 277 g/mol. The summed E-state index contributed by atoms with van der Waals surface area (Å²) in [4.78, 5) is 29.2. The van der Waals surface area contributed by atoms with Gasteiger partial charge in [-0.1, -0.05) is 0 Å². The van der Waals surface area contributed by atoms with E-state index < -0.39 is 12.0 Å². The third kappa shape index (κ3) is 3.37. The number of aromatic amines is 1. The molecule has 2 aromatic heterocycles. The number of aromatic carboxylic acids is 1. The fourth-order valence-electron chi connectivity index (χ4n) is 1.74. The van der Waals surface area contributed by atoms with Crippen molar-refractivity contribution >= 4 is 17.7 Å². The monoisotopic (exact) mass is 277 g/mol. The van der Waals surface area contributed by atoms with E-state index in [1.54, 1.807) is 31.7 Å². The Morgan fingerprint density at radius 1 is 1.50 bits per heavy atom. The first-order chi connectivity index (χ1) is 9.56. The first kappa shape index (κ1) is 13.7. The van der Waals surface area contributed by atoms with Crippen LogP contribution >= 0.6 is 0 Å². The number of hydrogen-bond acceptors (Lipinski definition) is 3. The highest BCUT2D eigenvalue weighted by Crippen LogP contribution is 2.16. The lowest BCUT2D eigenvalue weighted by Gasteiger charge is -2.07.